The largest absolute Gasteiger partial charge is 0.455 e. The van der Waals surface area contributed by atoms with Gasteiger partial charge in [-0.2, -0.15) is 0 Å². The third-order valence-electron chi connectivity index (χ3n) is 5.21. The number of nitrogens with two attached hydrogens (primary N) is 4. The van der Waals surface area contributed by atoms with Crippen LogP contribution in [0.3, 0.4) is 0 Å². The van der Waals surface area contributed by atoms with Gasteiger partial charge in [-0.1, -0.05) is 41.5 Å². The summed E-state index contributed by atoms with van der Waals surface area (Å²) in [6.45, 7) is 12.7. The van der Waals surface area contributed by atoms with Crippen molar-refractivity contribution in [2.45, 2.75) is 52.4 Å². The van der Waals surface area contributed by atoms with E-state index in [9.17, 15) is 0 Å². The Hall–Kier alpha value is -3.54. The number of ether oxygens (including phenoxy) is 2. The van der Waals surface area contributed by atoms with E-state index in [1.54, 1.807) is 36.4 Å². The summed E-state index contributed by atoms with van der Waals surface area (Å²) in [6.07, 6.45) is 0. The van der Waals surface area contributed by atoms with Crippen LogP contribution in [0.15, 0.2) is 48.5 Å². The summed E-state index contributed by atoms with van der Waals surface area (Å²) in [4.78, 5) is 0. The zero-order valence-electron chi connectivity index (χ0n) is 19.7. The van der Waals surface area contributed by atoms with Crippen molar-refractivity contribution in [3.63, 3.8) is 0 Å². The lowest BCUT2D eigenvalue weighted by atomic mass is 9.81. The molecule has 0 aliphatic rings. The van der Waals surface area contributed by atoms with E-state index in [2.05, 4.69) is 41.5 Å². The predicted octanol–water partition coefficient (Wildman–Crippen LogP) is 6.20. The molecule has 0 aliphatic carbocycles. The predicted molar refractivity (Wildman–Crippen MR) is 135 cm³/mol. The van der Waals surface area contributed by atoms with Crippen LogP contribution in [0.25, 0.3) is 0 Å². The number of anilines is 4. The summed E-state index contributed by atoms with van der Waals surface area (Å²) >= 11 is 0. The van der Waals surface area contributed by atoms with Crippen molar-refractivity contribution < 1.29 is 9.47 Å². The molecule has 0 saturated heterocycles. The van der Waals surface area contributed by atoms with Crippen LogP contribution < -0.4 is 32.4 Å². The van der Waals surface area contributed by atoms with Crippen LogP contribution in [0.2, 0.25) is 0 Å². The molecule has 3 aromatic carbocycles. The van der Waals surface area contributed by atoms with Gasteiger partial charge in [0.05, 0.1) is 11.4 Å². The second kappa shape index (κ2) is 8.19. The molecule has 0 aromatic heterocycles. The molecule has 0 amide bonds. The summed E-state index contributed by atoms with van der Waals surface area (Å²) in [5.41, 5.74) is 27.7. The second-order valence-electron chi connectivity index (χ2n) is 10.1. The van der Waals surface area contributed by atoms with Gasteiger partial charge < -0.3 is 32.4 Å². The molecule has 170 valence electrons. The minimum atomic E-state index is -0.223. The van der Waals surface area contributed by atoms with E-state index in [4.69, 9.17) is 32.4 Å². The Morgan fingerprint density at radius 3 is 1.12 bits per heavy atom. The summed E-state index contributed by atoms with van der Waals surface area (Å²) in [5.74, 6) is 2.55. The van der Waals surface area contributed by atoms with E-state index >= 15 is 0 Å². The monoisotopic (exact) mass is 434 g/mol. The van der Waals surface area contributed by atoms with Crippen LogP contribution in [-0.2, 0) is 10.8 Å². The van der Waals surface area contributed by atoms with Crippen LogP contribution in [-0.4, -0.2) is 0 Å². The Balaban J connectivity index is 2.17. The van der Waals surface area contributed by atoms with Crippen LogP contribution in [0.4, 0.5) is 22.7 Å². The highest BCUT2D eigenvalue weighted by Crippen LogP contribution is 2.45. The van der Waals surface area contributed by atoms with E-state index in [0.717, 1.165) is 22.6 Å². The van der Waals surface area contributed by atoms with Gasteiger partial charge in [-0.25, -0.2) is 0 Å². The Bertz CT molecular complexity index is 1050. The standard InChI is InChI=1S/C26H34N4O2/c1-25(2,3)17-13-24(32-22-10-8-16(28)12-20(22)30)18(26(4,5)6)14-23(17)31-21-9-7-15(27)11-19(21)29/h7-14H,27-30H2,1-6H3. The smallest absolute Gasteiger partial charge is 0.150 e. The lowest BCUT2D eigenvalue weighted by Gasteiger charge is -2.29. The highest BCUT2D eigenvalue weighted by atomic mass is 16.5. The fourth-order valence-electron chi connectivity index (χ4n) is 3.46. The second-order valence-corrected chi connectivity index (χ2v) is 10.1. The van der Waals surface area contributed by atoms with Gasteiger partial charge >= 0.3 is 0 Å². The summed E-state index contributed by atoms with van der Waals surface area (Å²) in [7, 11) is 0. The summed E-state index contributed by atoms with van der Waals surface area (Å²) in [5, 5.41) is 0. The molecule has 6 nitrogen and oxygen atoms in total. The normalized spacial score (nSPS) is 11.9. The maximum atomic E-state index is 6.32. The molecule has 0 aliphatic heterocycles. The van der Waals surface area contributed by atoms with Gasteiger partial charge in [0, 0.05) is 22.5 Å². The van der Waals surface area contributed by atoms with E-state index in [-0.39, 0.29) is 10.8 Å². The topological polar surface area (TPSA) is 123 Å². The zero-order valence-corrected chi connectivity index (χ0v) is 19.7. The molecule has 8 N–H and O–H groups in total. The van der Waals surface area contributed by atoms with Gasteiger partial charge in [-0.15, -0.1) is 0 Å². The van der Waals surface area contributed by atoms with Crippen molar-refractivity contribution >= 4 is 22.7 Å². The first-order valence-corrected chi connectivity index (χ1v) is 10.6. The van der Waals surface area contributed by atoms with Crippen molar-refractivity contribution in [1.29, 1.82) is 0 Å². The van der Waals surface area contributed by atoms with E-state index in [1.165, 1.54) is 0 Å². The van der Waals surface area contributed by atoms with Gasteiger partial charge in [0.25, 0.3) is 0 Å². The molecule has 0 saturated carbocycles. The Morgan fingerprint density at radius 1 is 0.500 bits per heavy atom. The molecule has 0 bridgehead atoms. The molecular weight excluding hydrogens is 400 g/mol. The van der Waals surface area contributed by atoms with Gasteiger partial charge in [0.1, 0.15) is 23.0 Å². The lowest BCUT2D eigenvalue weighted by molar-refractivity contribution is 0.431. The van der Waals surface area contributed by atoms with Crippen molar-refractivity contribution in [2.75, 3.05) is 22.9 Å². The van der Waals surface area contributed by atoms with E-state index in [0.29, 0.717) is 34.2 Å². The molecular formula is C26H34N4O2. The minimum absolute atomic E-state index is 0.223. The van der Waals surface area contributed by atoms with Crippen LogP contribution >= 0.6 is 0 Å². The van der Waals surface area contributed by atoms with E-state index < -0.39 is 0 Å². The van der Waals surface area contributed by atoms with Crippen LogP contribution in [0.5, 0.6) is 23.0 Å². The molecule has 0 radical (unpaired) electrons. The van der Waals surface area contributed by atoms with Crippen molar-refractivity contribution in [1.82, 2.24) is 0 Å². The maximum Gasteiger partial charge on any atom is 0.150 e. The highest BCUT2D eigenvalue weighted by Gasteiger charge is 2.28. The van der Waals surface area contributed by atoms with Gasteiger partial charge in [-0.05, 0) is 59.4 Å². The average Bonchev–Trinajstić information content (AvgIpc) is 2.65. The molecule has 3 aromatic rings. The van der Waals surface area contributed by atoms with E-state index in [1.807, 2.05) is 12.1 Å². The van der Waals surface area contributed by atoms with Crippen molar-refractivity contribution in [2.24, 2.45) is 0 Å². The van der Waals surface area contributed by atoms with Crippen molar-refractivity contribution in [3.05, 3.63) is 59.7 Å². The maximum absolute atomic E-state index is 6.32. The average molecular weight is 435 g/mol. The summed E-state index contributed by atoms with van der Waals surface area (Å²) < 4.78 is 12.6. The molecule has 3 rings (SSSR count). The summed E-state index contributed by atoms with van der Waals surface area (Å²) in [6, 6.07) is 14.6. The number of rotatable bonds is 4. The lowest BCUT2D eigenvalue weighted by Crippen LogP contribution is -2.17. The van der Waals surface area contributed by atoms with Gasteiger partial charge in [-0.3, -0.25) is 0 Å². The molecule has 6 heteroatoms. The quantitative estimate of drug-likeness (QED) is 0.363. The third kappa shape index (κ3) is 5.02. The van der Waals surface area contributed by atoms with Crippen LogP contribution in [0.1, 0.15) is 52.7 Å². The third-order valence-corrected chi connectivity index (χ3v) is 5.21. The minimum Gasteiger partial charge on any atom is -0.455 e. The molecule has 0 heterocycles. The fraction of sp³-hybridized carbons (Fsp3) is 0.308. The molecule has 32 heavy (non-hydrogen) atoms. The Kier molecular flexibility index (Phi) is 5.92. The molecule has 0 fully saturated rings. The number of hydrogen-bond donors (Lipinski definition) is 4. The molecule has 0 unspecified atom stereocenters. The van der Waals surface area contributed by atoms with Gasteiger partial charge in [0.15, 0.2) is 0 Å². The Morgan fingerprint density at radius 2 is 0.844 bits per heavy atom. The highest BCUT2D eigenvalue weighted by molar-refractivity contribution is 5.64. The number of benzene rings is 3. The number of hydrogen-bond acceptors (Lipinski definition) is 6. The fourth-order valence-corrected chi connectivity index (χ4v) is 3.46. The number of nitrogen functional groups attached to an aromatic ring is 4. The van der Waals surface area contributed by atoms with Crippen LogP contribution in [0, 0.1) is 0 Å². The first kappa shape index (κ1) is 23.1. The molecule has 0 atom stereocenters. The first-order chi connectivity index (χ1) is 14.8. The SMILES string of the molecule is CC(C)(C)c1cc(Oc2ccc(N)cc2N)c(C(C)(C)C)cc1Oc1ccc(N)cc1N. The zero-order chi connectivity index (χ0) is 23.8. The van der Waals surface area contributed by atoms with Crippen molar-refractivity contribution in [3.8, 4) is 23.0 Å². The first-order valence-electron chi connectivity index (χ1n) is 10.6. The van der Waals surface area contributed by atoms with Gasteiger partial charge in [0.2, 0.25) is 0 Å². The molecule has 0 spiro atoms. The Labute approximate surface area is 190 Å².